The standard InChI is InChI=1S/C14H11NO2S.CH5N/c15-14(17)11-3-7-13(8-4-11)18-12-5-1-10(9-16)2-6-12;1-2/h1-9H,(H2,15,17);2H2,1H3. The molecule has 0 aliphatic heterocycles. The first-order valence-corrected chi connectivity index (χ1v) is 6.71. The Labute approximate surface area is 122 Å². The van der Waals surface area contributed by atoms with E-state index in [1.807, 2.05) is 24.3 Å². The minimum atomic E-state index is -0.429. The summed E-state index contributed by atoms with van der Waals surface area (Å²) in [5.74, 6) is -0.429. The van der Waals surface area contributed by atoms with Gasteiger partial charge in [0.15, 0.2) is 0 Å². The van der Waals surface area contributed by atoms with Crippen LogP contribution in [0.2, 0.25) is 0 Å². The van der Waals surface area contributed by atoms with Crippen molar-refractivity contribution in [2.24, 2.45) is 11.5 Å². The van der Waals surface area contributed by atoms with E-state index in [0.29, 0.717) is 11.1 Å². The van der Waals surface area contributed by atoms with Crippen molar-refractivity contribution >= 4 is 24.0 Å². The molecule has 0 fully saturated rings. The fourth-order valence-electron chi connectivity index (χ4n) is 1.44. The van der Waals surface area contributed by atoms with Gasteiger partial charge in [0.2, 0.25) is 5.91 Å². The smallest absolute Gasteiger partial charge is 0.248 e. The number of carbonyl (C=O) groups excluding carboxylic acids is 2. The van der Waals surface area contributed by atoms with E-state index in [4.69, 9.17) is 5.73 Å². The number of carbonyl (C=O) groups is 2. The highest BCUT2D eigenvalue weighted by Gasteiger charge is 2.01. The molecule has 0 heterocycles. The fourth-order valence-corrected chi connectivity index (χ4v) is 2.25. The second-order valence-electron chi connectivity index (χ2n) is 3.68. The Balaban J connectivity index is 0.000000956. The van der Waals surface area contributed by atoms with Gasteiger partial charge in [-0.1, -0.05) is 23.9 Å². The van der Waals surface area contributed by atoms with Crippen molar-refractivity contribution in [3.05, 3.63) is 59.7 Å². The van der Waals surface area contributed by atoms with E-state index < -0.39 is 5.91 Å². The van der Waals surface area contributed by atoms with Crippen LogP contribution in [0.5, 0.6) is 0 Å². The molecule has 0 aliphatic carbocycles. The van der Waals surface area contributed by atoms with Crippen LogP contribution in [-0.2, 0) is 0 Å². The summed E-state index contributed by atoms with van der Waals surface area (Å²) in [6.07, 6.45) is 0.816. The Morgan fingerprint density at radius 3 is 1.80 bits per heavy atom. The van der Waals surface area contributed by atoms with Gasteiger partial charge in [0.25, 0.3) is 0 Å². The van der Waals surface area contributed by atoms with E-state index in [2.05, 4.69) is 5.73 Å². The maximum atomic E-state index is 10.9. The Morgan fingerprint density at radius 1 is 0.950 bits per heavy atom. The normalized spacial score (nSPS) is 9.30. The number of nitrogens with two attached hydrogens (primary N) is 2. The minimum absolute atomic E-state index is 0.429. The lowest BCUT2D eigenvalue weighted by Gasteiger charge is -2.02. The fraction of sp³-hybridized carbons (Fsp3) is 0.0667. The molecule has 0 saturated carbocycles. The SMILES string of the molecule is CN.NC(=O)c1ccc(Sc2ccc(C=O)cc2)cc1. The average molecular weight is 288 g/mol. The number of amides is 1. The quantitative estimate of drug-likeness (QED) is 0.845. The second-order valence-corrected chi connectivity index (χ2v) is 4.82. The molecule has 0 atom stereocenters. The molecule has 2 rings (SSSR count). The zero-order valence-electron chi connectivity index (χ0n) is 11.1. The third-order valence-electron chi connectivity index (χ3n) is 2.39. The molecule has 4 N–H and O–H groups in total. The summed E-state index contributed by atoms with van der Waals surface area (Å²) in [4.78, 5) is 23.5. The van der Waals surface area contributed by atoms with Crippen LogP contribution >= 0.6 is 11.8 Å². The van der Waals surface area contributed by atoms with Gasteiger partial charge >= 0.3 is 0 Å². The highest BCUT2D eigenvalue weighted by molar-refractivity contribution is 7.99. The third-order valence-corrected chi connectivity index (χ3v) is 3.41. The molecular formula is C15H16N2O2S. The molecule has 0 radical (unpaired) electrons. The van der Waals surface area contributed by atoms with E-state index in [9.17, 15) is 9.59 Å². The molecule has 0 spiro atoms. The lowest BCUT2D eigenvalue weighted by Crippen LogP contribution is -2.10. The van der Waals surface area contributed by atoms with E-state index >= 15 is 0 Å². The van der Waals surface area contributed by atoms with E-state index in [1.54, 1.807) is 36.0 Å². The summed E-state index contributed by atoms with van der Waals surface area (Å²) in [6, 6.07) is 14.4. The van der Waals surface area contributed by atoms with Crippen molar-refractivity contribution in [3.8, 4) is 0 Å². The van der Waals surface area contributed by atoms with Crippen LogP contribution in [0, 0.1) is 0 Å². The monoisotopic (exact) mass is 288 g/mol. The van der Waals surface area contributed by atoms with Gasteiger partial charge in [-0.2, -0.15) is 0 Å². The van der Waals surface area contributed by atoms with E-state index in [-0.39, 0.29) is 0 Å². The molecule has 2 aromatic rings. The topological polar surface area (TPSA) is 86.2 Å². The summed E-state index contributed by atoms with van der Waals surface area (Å²) >= 11 is 1.56. The summed E-state index contributed by atoms with van der Waals surface area (Å²) in [5.41, 5.74) is 10.8. The van der Waals surface area contributed by atoms with Crippen LogP contribution in [0.25, 0.3) is 0 Å². The number of primary amides is 1. The van der Waals surface area contributed by atoms with Crippen molar-refractivity contribution in [1.29, 1.82) is 0 Å². The van der Waals surface area contributed by atoms with Gasteiger partial charge < -0.3 is 11.5 Å². The summed E-state index contributed by atoms with van der Waals surface area (Å²) in [5, 5.41) is 0. The van der Waals surface area contributed by atoms with Crippen LogP contribution in [0.3, 0.4) is 0 Å². The van der Waals surface area contributed by atoms with Crippen molar-refractivity contribution in [3.63, 3.8) is 0 Å². The Hall–Kier alpha value is -2.11. The molecule has 0 aromatic heterocycles. The largest absolute Gasteiger partial charge is 0.366 e. The van der Waals surface area contributed by atoms with Gasteiger partial charge in [0.05, 0.1) is 0 Å². The van der Waals surface area contributed by atoms with Crippen molar-refractivity contribution in [1.82, 2.24) is 0 Å². The molecule has 2 aromatic carbocycles. The minimum Gasteiger partial charge on any atom is -0.366 e. The van der Waals surface area contributed by atoms with Crippen LogP contribution in [0.1, 0.15) is 20.7 Å². The Kier molecular flexibility index (Phi) is 6.49. The maximum Gasteiger partial charge on any atom is 0.248 e. The van der Waals surface area contributed by atoms with E-state index in [1.165, 1.54) is 7.05 Å². The molecule has 0 bridgehead atoms. The van der Waals surface area contributed by atoms with Gasteiger partial charge in [-0.3, -0.25) is 9.59 Å². The van der Waals surface area contributed by atoms with E-state index in [0.717, 1.165) is 16.1 Å². The first kappa shape index (κ1) is 15.9. The van der Waals surface area contributed by atoms with Crippen LogP contribution in [0.4, 0.5) is 0 Å². The van der Waals surface area contributed by atoms with Gasteiger partial charge in [-0.25, -0.2) is 0 Å². The number of benzene rings is 2. The van der Waals surface area contributed by atoms with Crippen molar-refractivity contribution < 1.29 is 9.59 Å². The highest BCUT2D eigenvalue weighted by Crippen LogP contribution is 2.27. The van der Waals surface area contributed by atoms with Crippen LogP contribution in [0.15, 0.2) is 58.3 Å². The van der Waals surface area contributed by atoms with Crippen LogP contribution in [-0.4, -0.2) is 19.2 Å². The third kappa shape index (κ3) is 4.53. The second kappa shape index (κ2) is 8.14. The lowest BCUT2D eigenvalue weighted by molar-refractivity contribution is 0.0999. The maximum absolute atomic E-state index is 10.9. The number of rotatable bonds is 4. The first-order valence-electron chi connectivity index (χ1n) is 5.90. The molecule has 0 aliphatic rings. The lowest BCUT2D eigenvalue weighted by atomic mass is 10.2. The molecule has 104 valence electrons. The van der Waals surface area contributed by atoms with Crippen molar-refractivity contribution in [2.45, 2.75) is 9.79 Å². The predicted molar refractivity (Wildman–Crippen MR) is 81.0 cm³/mol. The zero-order valence-corrected chi connectivity index (χ0v) is 11.9. The summed E-state index contributed by atoms with van der Waals surface area (Å²) in [7, 11) is 1.50. The number of hydrogen-bond donors (Lipinski definition) is 2. The highest BCUT2D eigenvalue weighted by atomic mass is 32.2. The zero-order chi connectivity index (χ0) is 15.0. The van der Waals surface area contributed by atoms with Gasteiger partial charge in [-0.05, 0) is 43.4 Å². The van der Waals surface area contributed by atoms with Gasteiger partial charge in [0, 0.05) is 20.9 Å². The summed E-state index contributed by atoms with van der Waals surface area (Å²) in [6.45, 7) is 0. The molecule has 1 amide bonds. The van der Waals surface area contributed by atoms with Crippen LogP contribution < -0.4 is 11.5 Å². The molecule has 0 saturated heterocycles. The number of hydrogen-bond acceptors (Lipinski definition) is 4. The van der Waals surface area contributed by atoms with Gasteiger partial charge in [0.1, 0.15) is 6.29 Å². The first-order chi connectivity index (χ1) is 9.69. The number of aldehydes is 1. The van der Waals surface area contributed by atoms with Gasteiger partial charge in [-0.15, -0.1) is 0 Å². The predicted octanol–water partition coefficient (Wildman–Crippen LogP) is 2.32. The Morgan fingerprint density at radius 2 is 1.40 bits per heavy atom. The average Bonchev–Trinajstić information content (AvgIpc) is 2.50. The summed E-state index contributed by atoms with van der Waals surface area (Å²) < 4.78 is 0. The van der Waals surface area contributed by atoms with Crippen molar-refractivity contribution in [2.75, 3.05) is 7.05 Å². The molecule has 20 heavy (non-hydrogen) atoms. The Bertz CT molecular complexity index is 565. The molecular weight excluding hydrogens is 272 g/mol. The molecule has 0 unspecified atom stereocenters. The molecule has 4 nitrogen and oxygen atoms in total. The molecule has 5 heteroatoms.